The van der Waals surface area contributed by atoms with E-state index in [0.717, 1.165) is 31.2 Å². The minimum atomic E-state index is -0.797. The predicted octanol–water partition coefficient (Wildman–Crippen LogP) is 7.24. The highest BCUT2D eigenvalue weighted by Gasteiger charge is 2.26. The molecule has 0 aliphatic heterocycles. The fourth-order valence-electron chi connectivity index (χ4n) is 4.70. The lowest BCUT2D eigenvalue weighted by atomic mass is 9.82. The van der Waals surface area contributed by atoms with Gasteiger partial charge in [0.2, 0.25) is 0 Å². The molecule has 0 radical (unpaired) electrons. The Balaban J connectivity index is 1.45. The average molecular weight is 455 g/mol. The van der Waals surface area contributed by atoms with E-state index in [1.807, 2.05) is 12.1 Å². The van der Waals surface area contributed by atoms with E-state index in [4.69, 9.17) is 9.47 Å². The molecule has 4 rings (SSSR count). The Bertz CT molecular complexity index is 1090. The Morgan fingerprint density at radius 2 is 1.52 bits per heavy atom. The van der Waals surface area contributed by atoms with Crippen LogP contribution in [0.2, 0.25) is 0 Å². The summed E-state index contributed by atoms with van der Waals surface area (Å²) in [5.74, 6) is -1.31. The van der Waals surface area contributed by atoms with Crippen LogP contribution in [0.3, 0.4) is 0 Å². The third kappa shape index (κ3) is 5.25. The lowest BCUT2D eigenvalue weighted by molar-refractivity contribution is 0.0655. The third-order valence-corrected chi connectivity index (χ3v) is 6.77. The number of hydrogen-bond donors (Lipinski definition) is 0. The van der Waals surface area contributed by atoms with Crippen LogP contribution in [-0.2, 0) is 17.6 Å². The fourth-order valence-corrected chi connectivity index (χ4v) is 4.70. The van der Waals surface area contributed by atoms with Crippen LogP contribution in [0, 0.1) is 17.5 Å². The second-order valence-corrected chi connectivity index (χ2v) is 8.69. The van der Waals surface area contributed by atoms with Crippen molar-refractivity contribution >= 4 is 0 Å². The third-order valence-electron chi connectivity index (χ3n) is 6.77. The lowest BCUT2D eigenvalue weighted by Crippen LogP contribution is -2.20. The van der Waals surface area contributed by atoms with E-state index in [1.165, 1.54) is 13.2 Å². The molecule has 1 fully saturated rings. The van der Waals surface area contributed by atoms with Crippen LogP contribution in [0.1, 0.15) is 48.3 Å². The first-order chi connectivity index (χ1) is 16.0. The summed E-state index contributed by atoms with van der Waals surface area (Å²) < 4.78 is 54.5. The van der Waals surface area contributed by atoms with Crippen LogP contribution in [0.25, 0.3) is 11.1 Å². The summed E-state index contributed by atoms with van der Waals surface area (Å²) in [6.07, 6.45) is 4.74. The number of rotatable bonds is 7. The molecular weight excluding hydrogens is 425 g/mol. The molecule has 1 aliphatic carbocycles. The van der Waals surface area contributed by atoms with Crippen molar-refractivity contribution in [1.82, 2.24) is 0 Å². The van der Waals surface area contributed by atoms with Gasteiger partial charge in [-0.2, -0.15) is 0 Å². The molecule has 3 aromatic rings. The number of methoxy groups -OCH3 is 2. The standard InChI is InChI=1S/C28H29F3O2/c1-32-22-12-9-20(10-13-22)25-16-15-24(27(30)28(25)31)19-6-3-18(4-7-19)5-8-21-11-14-23(33-2)17-26(21)29/h3-4,6-7,11,14-17,20,22H,5,8-10,12-13H2,1-2H3. The van der Waals surface area contributed by atoms with Crippen molar-refractivity contribution in [3.05, 3.63) is 88.7 Å². The summed E-state index contributed by atoms with van der Waals surface area (Å²) in [6.45, 7) is 0. The Kier molecular flexibility index (Phi) is 7.39. The highest BCUT2D eigenvalue weighted by Crippen LogP contribution is 2.37. The van der Waals surface area contributed by atoms with Gasteiger partial charge in [-0.15, -0.1) is 0 Å². The Morgan fingerprint density at radius 1 is 0.788 bits per heavy atom. The fraction of sp³-hybridized carbons (Fsp3) is 0.357. The first kappa shape index (κ1) is 23.4. The van der Waals surface area contributed by atoms with Gasteiger partial charge in [-0.1, -0.05) is 42.5 Å². The van der Waals surface area contributed by atoms with E-state index in [1.54, 1.807) is 43.5 Å². The molecular formula is C28H29F3O2. The largest absolute Gasteiger partial charge is 0.497 e. The summed E-state index contributed by atoms with van der Waals surface area (Å²) in [6, 6.07) is 15.6. The van der Waals surface area contributed by atoms with Crippen molar-refractivity contribution in [1.29, 1.82) is 0 Å². The van der Waals surface area contributed by atoms with Crippen LogP contribution in [0.5, 0.6) is 5.75 Å². The molecule has 1 aliphatic rings. The number of hydrogen-bond acceptors (Lipinski definition) is 2. The molecule has 0 spiro atoms. The molecule has 1 saturated carbocycles. The second-order valence-electron chi connectivity index (χ2n) is 8.69. The zero-order valence-electron chi connectivity index (χ0n) is 19.0. The Labute approximate surface area is 193 Å². The van der Waals surface area contributed by atoms with Gasteiger partial charge >= 0.3 is 0 Å². The number of halogens is 3. The van der Waals surface area contributed by atoms with Crippen molar-refractivity contribution in [2.75, 3.05) is 14.2 Å². The molecule has 0 saturated heterocycles. The van der Waals surface area contributed by atoms with Crippen molar-refractivity contribution in [3.8, 4) is 16.9 Å². The molecule has 0 bridgehead atoms. The molecule has 0 heterocycles. The molecule has 0 amide bonds. The summed E-state index contributed by atoms with van der Waals surface area (Å²) in [5.41, 5.74) is 2.96. The minimum Gasteiger partial charge on any atom is -0.497 e. The van der Waals surface area contributed by atoms with E-state index < -0.39 is 11.6 Å². The molecule has 33 heavy (non-hydrogen) atoms. The van der Waals surface area contributed by atoms with Crippen LogP contribution in [0.15, 0.2) is 54.6 Å². The van der Waals surface area contributed by atoms with E-state index >= 15 is 0 Å². The summed E-state index contributed by atoms with van der Waals surface area (Å²) >= 11 is 0. The molecule has 174 valence electrons. The molecule has 0 N–H and O–H groups in total. The highest BCUT2D eigenvalue weighted by molar-refractivity contribution is 5.65. The van der Waals surface area contributed by atoms with Gasteiger partial charge in [0.25, 0.3) is 0 Å². The predicted molar refractivity (Wildman–Crippen MR) is 124 cm³/mol. The summed E-state index contributed by atoms with van der Waals surface area (Å²) in [4.78, 5) is 0. The van der Waals surface area contributed by atoms with Gasteiger partial charge in [-0.25, -0.2) is 13.2 Å². The Morgan fingerprint density at radius 3 is 2.15 bits per heavy atom. The number of ether oxygens (including phenoxy) is 2. The molecule has 0 unspecified atom stereocenters. The SMILES string of the molecule is COc1ccc(CCc2ccc(-c3ccc(C4CCC(OC)CC4)c(F)c3F)cc2)c(F)c1. The molecule has 5 heteroatoms. The van der Waals surface area contributed by atoms with E-state index in [-0.39, 0.29) is 23.4 Å². The van der Waals surface area contributed by atoms with Gasteiger partial charge in [0.1, 0.15) is 11.6 Å². The zero-order valence-corrected chi connectivity index (χ0v) is 19.0. The van der Waals surface area contributed by atoms with Crippen LogP contribution < -0.4 is 4.74 Å². The van der Waals surface area contributed by atoms with Gasteiger partial charge in [0.15, 0.2) is 11.6 Å². The van der Waals surface area contributed by atoms with Crippen molar-refractivity contribution in [2.45, 2.75) is 50.5 Å². The average Bonchev–Trinajstić information content (AvgIpc) is 2.85. The van der Waals surface area contributed by atoms with Gasteiger partial charge in [0, 0.05) is 18.7 Å². The molecule has 2 nitrogen and oxygen atoms in total. The van der Waals surface area contributed by atoms with Crippen LogP contribution >= 0.6 is 0 Å². The smallest absolute Gasteiger partial charge is 0.166 e. The number of benzene rings is 3. The first-order valence-electron chi connectivity index (χ1n) is 11.4. The van der Waals surface area contributed by atoms with E-state index in [9.17, 15) is 13.2 Å². The summed E-state index contributed by atoms with van der Waals surface area (Å²) in [7, 11) is 3.20. The zero-order chi connectivity index (χ0) is 23.4. The van der Waals surface area contributed by atoms with Crippen molar-refractivity contribution in [2.24, 2.45) is 0 Å². The lowest BCUT2D eigenvalue weighted by Gasteiger charge is -2.28. The number of aryl methyl sites for hydroxylation is 2. The summed E-state index contributed by atoms with van der Waals surface area (Å²) in [5, 5.41) is 0. The quantitative estimate of drug-likeness (QED) is 0.375. The van der Waals surface area contributed by atoms with Gasteiger partial charge in [-0.3, -0.25) is 0 Å². The molecule has 0 aromatic heterocycles. The van der Waals surface area contributed by atoms with Crippen molar-refractivity contribution < 1.29 is 22.6 Å². The van der Waals surface area contributed by atoms with E-state index in [2.05, 4.69) is 0 Å². The maximum Gasteiger partial charge on any atom is 0.166 e. The van der Waals surface area contributed by atoms with Crippen LogP contribution in [0.4, 0.5) is 13.2 Å². The Hall–Kier alpha value is -2.79. The molecule has 3 aromatic carbocycles. The highest BCUT2D eigenvalue weighted by atomic mass is 19.2. The van der Waals surface area contributed by atoms with Gasteiger partial charge < -0.3 is 9.47 Å². The van der Waals surface area contributed by atoms with Gasteiger partial charge in [0.05, 0.1) is 13.2 Å². The van der Waals surface area contributed by atoms with E-state index in [0.29, 0.717) is 35.3 Å². The maximum absolute atomic E-state index is 15.0. The molecule has 0 atom stereocenters. The van der Waals surface area contributed by atoms with Crippen molar-refractivity contribution in [3.63, 3.8) is 0 Å². The first-order valence-corrected chi connectivity index (χ1v) is 11.4. The topological polar surface area (TPSA) is 18.5 Å². The van der Waals surface area contributed by atoms with Crippen LogP contribution in [-0.4, -0.2) is 20.3 Å². The monoisotopic (exact) mass is 454 g/mol. The van der Waals surface area contributed by atoms with Gasteiger partial charge in [-0.05, 0) is 72.8 Å². The normalized spacial score (nSPS) is 18.3. The minimum absolute atomic E-state index is 0.0284. The maximum atomic E-state index is 15.0. The second kappa shape index (κ2) is 10.4.